The van der Waals surface area contributed by atoms with E-state index >= 15 is 0 Å². The number of hydrogen-bond acceptors (Lipinski definition) is 4. The summed E-state index contributed by atoms with van der Waals surface area (Å²) in [5.41, 5.74) is 7.90. The van der Waals surface area contributed by atoms with Gasteiger partial charge < -0.3 is 5.73 Å². The Balaban J connectivity index is 1.99. The maximum atomic E-state index is 12.2. The molecule has 2 heterocycles. The van der Waals surface area contributed by atoms with E-state index in [1.807, 2.05) is 35.9 Å². The minimum Gasteiger partial charge on any atom is -0.383 e. The van der Waals surface area contributed by atoms with Gasteiger partial charge in [-0.1, -0.05) is 18.2 Å². The third-order valence-corrected chi connectivity index (χ3v) is 3.33. The van der Waals surface area contributed by atoms with Crippen LogP contribution in [0.5, 0.6) is 0 Å². The van der Waals surface area contributed by atoms with Crippen LogP contribution in [0.3, 0.4) is 0 Å². The topological polar surface area (TPSA) is 89.6 Å². The summed E-state index contributed by atoms with van der Waals surface area (Å²) in [5.74, 6) is 0.219. The number of hydrogen-bond donors (Lipinski definition) is 2. The smallest absolute Gasteiger partial charge is 0.174 e. The fraction of sp³-hybridized carbons (Fsp3) is 0.214. The highest BCUT2D eigenvalue weighted by molar-refractivity contribution is 6.02. The second-order valence-corrected chi connectivity index (χ2v) is 4.58. The van der Waals surface area contributed by atoms with Crippen LogP contribution in [0.15, 0.2) is 30.5 Å². The van der Waals surface area contributed by atoms with Crippen molar-refractivity contribution in [2.75, 3.05) is 5.73 Å². The molecule has 0 saturated carbocycles. The number of carbonyl (C=O) groups excluding carboxylic acids is 1. The third kappa shape index (κ3) is 1.95. The molecule has 0 fully saturated rings. The van der Waals surface area contributed by atoms with Crippen molar-refractivity contribution in [3.8, 4) is 0 Å². The van der Waals surface area contributed by atoms with Gasteiger partial charge in [0.05, 0.1) is 29.4 Å². The van der Waals surface area contributed by atoms with Gasteiger partial charge in [0.1, 0.15) is 5.82 Å². The van der Waals surface area contributed by atoms with Crippen LogP contribution in [0, 0.1) is 0 Å². The number of nitrogens with one attached hydrogen (secondary N) is 1. The number of benzene rings is 1. The van der Waals surface area contributed by atoms with Crippen molar-refractivity contribution in [3.05, 3.63) is 41.7 Å². The van der Waals surface area contributed by atoms with Crippen molar-refractivity contribution in [3.63, 3.8) is 0 Å². The van der Waals surface area contributed by atoms with Crippen LogP contribution in [0.1, 0.15) is 23.0 Å². The van der Waals surface area contributed by atoms with E-state index in [4.69, 9.17) is 5.73 Å². The number of fused-ring (bicyclic) bond motifs is 1. The number of aromatic nitrogens is 4. The molecule has 0 aliphatic heterocycles. The lowest BCUT2D eigenvalue weighted by molar-refractivity contribution is 0.0993. The molecule has 0 bridgehead atoms. The zero-order chi connectivity index (χ0) is 14.1. The molecule has 6 heteroatoms. The molecule has 3 rings (SSSR count). The number of nitrogens with two attached hydrogens (primary N) is 1. The fourth-order valence-electron chi connectivity index (χ4n) is 2.33. The number of Topliss-reactive ketones (excluding diaryl/α,β-unsaturated/α-hetero) is 1. The molecular formula is C14H15N5O. The van der Waals surface area contributed by atoms with Gasteiger partial charge in [-0.2, -0.15) is 10.2 Å². The van der Waals surface area contributed by atoms with Gasteiger partial charge in [0.15, 0.2) is 5.78 Å². The minimum atomic E-state index is -0.0808. The van der Waals surface area contributed by atoms with Crippen LogP contribution >= 0.6 is 0 Å². The first kappa shape index (κ1) is 12.4. The predicted molar refractivity (Wildman–Crippen MR) is 76.4 cm³/mol. The van der Waals surface area contributed by atoms with E-state index in [9.17, 15) is 4.79 Å². The maximum absolute atomic E-state index is 12.2. The second-order valence-electron chi connectivity index (χ2n) is 4.58. The Bertz CT molecular complexity index is 771. The zero-order valence-electron chi connectivity index (χ0n) is 11.1. The van der Waals surface area contributed by atoms with E-state index in [-0.39, 0.29) is 12.2 Å². The number of aryl methyl sites for hydroxylation is 1. The Morgan fingerprint density at radius 3 is 2.90 bits per heavy atom. The number of H-pyrrole nitrogens is 1. The normalized spacial score (nSPS) is 11.1. The molecule has 0 amide bonds. The zero-order valence-corrected chi connectivity index (χ0v) is 11.1. The van der Waals surface area contributed by atoms with Gasteiger partial charge in [0, 0.05) is 11.9 Å². The predicted octanol–water partition coefficient (Wildman–Crippen LogP) is 1.79. The lowest BCUT2D eigenvalue weighted by Gasteiger charge is -1.97. The Hall–Kier alpha value is -2.63. The van der Waals surface area contributed by atoms with Crippen LogP contribution in [0.4, 0.5) is 5.82 Å². The van der Waals surface area contributed by atoms with Crippen LogP contribution in [0.2, 0.25) is 0 Å². The summed E-state index contributed by atoms with van der Waals surface area (Å²) in [4.78, 5) is 12.2. The van der Waals surface area contributed by atoms with Crippen molar-refractivity contribution in [2.24, 2.45) is 0 Å². The molecule has 0 aliphatic carbocycles. The van der Waals surface area contributed by atoms with E-state index in [0.29, 0.717) is 11.4 Å². The van der Waals surface area contributed by atoms with E-state index in [2.05, 4.69) is 15.3 Å². The molecule has 0 aliphatic rings. The summed E-state index contributed by atoms with van der Waals surface area (Å²) in [6.07, 6.45) is 1.67. The minimum absolute atomic E-state index is 0.0808. The van der Waals surface area contributed by atoms with Gasteiger partial charge in [-0.05, 0) is 13.0 Å². The van der Waals surface area contributed by atoms with Crippen molar-refractivity contribution >= 4 is 22.5 Å². The number of rotatable bonds is 4. The monoisotopic (exact) mass is 269 g/mol. The van der Waals surface area contributed by atoms with Crippen molar-refractivity contribution in [1.29, 1.82) is 0 Å². The van der Waals surface area contributed by atoms with Gasteiger partial charge in [-0.25, -0.2) is 0 Å². The fourth-order valence-corrected chi connectivity index (χ4v) is 2.33. The number of carbonyl (C=O) groups is 1. The first-order valence-electron chi connectivity index (χ1n) is 6.47. The van der Waals surface area contributed by atoms with Crippen molar-refractivity contribution in [1.82, 2.24) is 20.0 Å². The average Bonchev–Trinajstić information content (AvgIpc) is 3.03. The quantitative estimate of drug-likeness (QED) is 0.706. The summed E-state index contributed by atoms with van der Waals surface area (Å²) < 4.78 is 1.90. The first-order valence-corrected chi connectivity index (χ1v) is 6.47. The van der Waals surface area contributed by atoms with Gasteiger partial charge in [-0.3, -0.25) is 14.6 Å². The Kier molecular flexibility index (Phi) is 2.98. The molecule has 0 spiro atoms. The van der Waals surface area contributed by atoms with Crippen LogP contribution in [-0.2, 0) is 13.0 Å². The highest BCUT2D eigenvalue weighted by Gasteiger charge is 2.17. The summed E-state index contributed by atoms with van der Waals surface area (Å²) in [5, 5.41) is 11.9. The molecule has 6 nitrogen and oxygen atoms in total. The Morgan fingerprint density at radius 2 is 2.20 bits per heavy atom. The van der Waals surface area contributed by atoms with Crippen molar-refractivity contribution < 1.29 is 4.79 Å². The highest BCUT2D eigenvalue weighted by atomic mass is 16.1. The molecule has 0 atom stereocenters. The molecule has 102 valence electrons. The third-order valence-electron chi connectivity index (χ3n) is 3.33. The first-order chi connectivity index (χ1) is 9.70. The summed E-state index contributed by atoms with van der Waals surface area (Å²) in [6.45, 7) is 2.79. The lowest BCUT2D eigenvalue weighted by Crippen LogP contribution is -2.07. The Labute approximate surface area is 115 Å². The van der Waals surface area contributed by atoms with E-state index < -0.39 is 0 Å². The maximum Gasteiger partial charge on any atom is 0.174 e. The molecule has 0 radical (unpaired) electrons. The van der Waals surface area contributed by atoms with Gasteiger partial charge in [0.25, 0.3) is 0 Å². The van der Waals surface area contributed by atoms with Crippen molar-refractivity contribution in [2.45, 2.75) is 19.9 Å². The summed E-state index contributed by atoms with van der Waals surface area (Å²) >= 11 is 0. The van der Waals surface area contributed by atoms with Crippen LogP contribution in [0.25, 0.3) is 10.9 Å². The second kappa shape index (κ2) is 4.80. The molecule has 3 aromatic rings. The Morgan fingerprint density at radius 1 is 1.40 bits per heavy atom. The number of para-hydroxylation sites is 1. The average molecular weight is 269 g/mol. The van der Waals surface area contributed by atoms with Crippen LogP contribution in [-0.4, -0.2) is 25.8 Å². The molecule has 0 unspecified atom stereocenters. The van der Waals surface area contributed by atoms with Gasteiger partial charge in [-0.15, -0.1) is 0 Å². The van der Waals surface area contributed by atoms with E-state index in [0.717, 1.165) is 23.1 Å². The molecular weight excluding hydrogens is 254 g/mol. The summed E-state index contributed by atoms with van der Waals surface area (Å²) in [7, 11) is 0. The van der Waals surface area contributed by atoms with Crippen LogP contribution < -0.4 is 5.73 Å². The van der Waals surface area contributed by atoms with Gasteiger partial charge >= 0.3 is 0 Å². The highest BCUT2D eigenvalue weighted by Crippen LogP contribution is 2.20. The number of anilines is 1. The van der Waals surface area contributed by atoms with E-state index in [1.165, 1.54) is 6.20 Å². The summed E-state index contributed by atoms with van der Waals surface area (Å²) in [6, 6.07) is 7.90. The van der Waals surface area contributed by atoms with Gasteiger partial charge in [0.2, 0.25) is 0 Å². The standard InChI is InChI=1S/C14H15N5O/c1-2-19-12-6-4-3-5-9(12)11(18-19)7-13(20)10-8-16-17-14(10)15/h3-6,8H,2,7H2,1H3,(H3,15,16,17). The number of aromatic amines is 1. The number of nitrogens with zero attached hydrogens (tertiary/aromatic N) is 3. The van der Waals surface area contributed by atoms with E-state index in [1.54, 1.807) is 0 Å². The largest absolute Gasteiger partial charge is 0.383 e. The number of ketones is 1. The number of nitrogen functional groups attached to an aromatic ring is 1. The molecule has 20 heavy (non-hydrogen) atoms. The molecule has 2 aromatic heterocycles. The SMILES string of the molecule is CCn1nc(CC(=O)c2cn[nH]c2N)c2ccccc21. The molecule has 0 saturated heterocycles. The lowest BCUT2D eigenvalue weighted by atomic mass is 10.1. The molecule has 1 aromatic carbocycles. The molecule has 3 N–H and O–H groups in total.